The van der Waals surface area contributed by atoms with Gasteiger partial charge in [-0.1, -0.05) is 34.8 Å². The number of likely N-dealkylation sites (tertiary alicyclic amines) is 1. The average molecular weight is 365 g/mol. The van der Waals surface area contributed by atoms with Crippen LogP contribution in [0.25, 0.3) is 0 Å². The summed E-state index contributed by atoms with van der Waals surface area (Å²) in [6, 6.07) is 3.10. The summed E-state index contributed by atoms with van der Waals surface area (Å²) in [7, 11) is 1.97. The largest absolute Gasteiger partial charge is 0.324 e. The number of nitrogens with one attached hydrogen (secondary N) is 2. The van der Waals surface area contributed by atoms with Crippen molar-refractivity contribution in [3.8, 4) is 0 Å². The Balaban J connectivity index is 1.85. The van der Waals surface area contributed by atoms with Gasteiger partial charge in [-0.2, -0.15) is 0 Å². The van der Waals surface area contributed by atoms with Gasteiger partial charge in [0.2, 0.25) is 5.91 Å². The molecule has 0 aromatic heterocycles. The molecule has 7 heteroatoms. The molecule has 1 aromatic rings. The van der Waals surface area contributed by atoms with Crippen molar-refractivity contribution in [3.05, 3.63) is 27.2 Å². The molecule has 4 nitrogen and oxygen atoms in total. The van der Waals surface area contributed by atoms with Gasteiger partial charge in [-0.05, 0) is 57.6 Å². The minimum absolute atomic E-state index is 0.0904. The third-order valence-corrected chi connectivity index (χ3v) is 4.89. The zero-order valence-corrected chi connectivity index (χ0v) is 14.7. The Morgan fingerprint density at radius 3 is 2.45 bits per heavy atom. The summed E-state index contributed by atoms with van der Waals surface area (Å²) in [6.07, 6.45) is 2.23. The zero-order chi connectivity index (χ0) is 16.1. The van der Waals surface area contributed by atoms with Crippen LogP contribution >= 0.6 is 34.8 Å². The number of piperidine rings is 1. The van der Waals surface area contributed by atoms with E-state index in [1.807, 2.05) is 7.05 Å². The van der Waals surface area contributed by atoms with Crippen LogP contribution in [0.15, 0.2) is 12.1 Å². The fraction of sp³-hybridized carbons (Fsp3) is 0.533. The van der Waals surface area contributed by atoms with E-state index in [1.165, 1.54) is 6.07 Å². The molecular formula is C15H20Cl3N3O. The molecule has 1 saturated heterocycles. The Bertz CT molecular complexity index is 531. The van der Waals surface area contributed by atoms with Crippen LogP contribution in [0, 0.1) is 5.92 Å². The van der Waals surface area contributed by atoms with Gasteiger partial charge in [0.15, 0.2) is 0 Å². The molecule has 2 rings (SSSR count). The Morgan fingerprint density at radius 2 is 1.82 bits per heavy atom. The first-order chi connectivity index (χ1) is 10.5. The van der Waals surface area contributed by atoms with Gasteiger partial charge in [-0.15, -0.1) is 0 Å². The number of amides is 1. The van der Waals surface area contributed by atoms with Crippen LogP contribution in [-0.2, 0) is 4.79 Å². The molecule has 0 unspecified atom stereocenters. The Kier molecular flexibility index (Phi) is 6.78. The monoisotopic (exact) mass is 363 g/mol. The predicted molar refractivity (Wildman–Crippen MR) is 93.2 cm³/mol. The lowest BCUT2D eigenvalue weighted by molar-refractivity contribution is -0.117. The first-order valence-electron chi connectivity index (χ1n) is 7.31. The molecule has 1 fully saturated rings. The summed E-state index contributed by atoms with van der Waals surface area (Å²) in [5.41, 5.74) is 0.492. The van der Waals surface area contributed by atoms with Crippen LogP contribution in [0.4, 0.5) is 5.69 Å². The third kappa shape index (κ3) is 5.00. The maximum atomic E-state index is 12.1. The van der Waals surface area contributed by atoms with Crippen molar-refractivity contribution in [1.82, 2.24) is 10.2 Å². The molecule has 1 amide bonds. The summed E-state index contributed by atoms with van der Waals surface area (Å²) in [5.74, 6) is 0.612. The van der Waals surface area contributed by atoms with Crippen molar-refractivity contribution in [2.45, 2.75) is 12.8 Å². The van der Waals surface area contributed by atoms with Crippen molar-refractivity contribution in [1.29, 1.82) is 0 Å². The summed E-state index contributed by atoms with van der Waals surface area (Å²) < 4.78 is 0. The highest BCUT2D eigenvalue weighted by molar-refractivity contribution is 6.44. The van der Waals surface area contributed by atoms with Gasteiger partial charge >= 0.3 is 0 Å². The Hall–Kier alpha value is -0.520. The highest BCUT2D eigenvalue weighted by Crippen LogP contribution is 2.32. The summed E-state index contributed by atoms with van der Waals surface area (Å²) in [6.45, 7) is 3.28. The summed E-state index contributed by atoms with van der Waals surface area (Å²) in [4.78, 5) is 14.3. The lowest BCUT2D eigenvalue weighted by Crippen LogP contribution is -2.40. The van der Waals surface area contributed by atoms with Crippen molar-refractivity contribution >= 4 is 46.4 Å². The van der Waals surface area contributed by atoms with Gasteiger partial charge in [-0.25, -0.2) is 0 Å². The molecule has 0 radical (unpaired) electrons. The van der Waals surface area contributed by atoms with Crippen molar-refractivity contribution < 1.29 is 4.79 Å². The minimum atomic E-state index is -0.0904. The van der Waals surface area contributed by atoms with Gasteiger partial charge in [0, 0.05) is 0 Å². The molecule has 22 heavy (non-hydrogen) atoms. The van der Waals surface area contributed by atoms with E-state index in [9.17, 15) is 4.79 Å². The van der Waals surface area contributed by atoms with Gasteiger partial charge in [0.25, 0.3) is 0 Å². The molecule has 0 saturated carbocycles. The van der Waals surface area contributed by atoms with E-state index in [2.05, 4.69) is 15.5 Å². The number of hydrogen-bond acceptors (Lipinski definition) is 3. The van der Waals surface area contributed by atoms with E-state index < -0.39 is 0 Å². The van der Waals surface area contributed by atoms with E-state index >= 15 is 0 Å². The predicted octanol–water partition coefficient (Wildman–Crippen LogP) is 3.52. The van der Waals surface area contributed by atoms with Crippen molar-refractivity contribution in [2.75, 3.05) is 38.5 Å². The number of nitrogens with zero attached hydrogens (tertiary/aromatic N) is 1. The fourth-order valence-electron chi connectivity index (χ4n) is 2.65. The molecule has 2 N–H and O–H groups in total. The average Bonchev–Trinajstić information content (AvgIpc) is 2.47. The van der Waals surface area contributed by atoms with E-state index in [4.69, 9.17) is 34.8 Å². The second kappa shape index (κ2) is 8.37. The lowest BCUT2D eigenvalue weighted by Gasteiger charge is -2.31. The van der Waals surface area contributed by atoms with Crippen molar-refractivity contribution in [2.24, 2.45) is 5.92 Å². The van der Waals surface area contributed by atoms with Gasteiger partial charge in [-0.3, -0.25) is 9.69 Å². The van der Waals surface area contributed by atoms with E-state index in [0.29, 0.717) is 33.2 Å². The third-order valence-electron chi connectivity index (χ3n) is 3.85. The second-order valence-corrected chi connectivity index (χ2v) is 6.79. The lowest BCUT2D eigenvalue weighted by atomic mass is 9.97. The highest BCUT2D eigenvalue weighted by atomic mass is 35.5. The maximum absolute atomic E-state index is 12.1. The minimum Gasteiger partial charge on any atom is -0.324 e. The zero-order valence-electron chi connectivity index (χ0n) is 12.5. The number of hydrogen-bond donors (Lipinski definition) is 2. The molecule has 0 aliphatic carbocycles. The summed E-state index contributed by atoms with van der Waals surface area (Å²) in [5, 5.41) is 7.13. The number of halogens is 3. The number of carbonyl (C=O) groups is 1. The number of anilines is 1. The van der Waals surface area contributed by atoms with Crippen LogP contribution in [0.3, 0.4) is 0 Å². The van der Waals surface area contributed by atoms with Gasteiger partial charge in [0.05, 0.1) is 27.3 Å². The highest BCUT2D eigenvalue weighted by Gasteiger charge is 2.20. The van der Waals surface area contributed by atoms with Crippen LogP contribution in [0.1, 0.15) is 12.8 Å². The molecule has 1 heterocycles. The van der Waals surface area contributed by atoms with E-state index in [0.717, 1.165) is 32.5 Å². The Labute approximate surface area is 146 Å². The molecule has 1 aliphatic heterocycles. The standard InChI is InChI=1S/C15H20Cl3N3O/c1-19-8-10-2-4-21(5-3-10)9-15(22)20-14-7-12(17)11(16)6-13(14)18/h6-7,10,19H,2-5,8-9H2,1H3,(H,20,22). The van der Waals surface area contributed by atoms with Crippen molar-refractivity contribution in [3.63, 3.8) is 0 Å². The molecule has 122 valence electrons. The van der Waals surface area contributed by atoms with Crippen LogP contribution in [0.2, 0.25) is 15.1 Å². The van der Waals surface area contributed by atoms with Gasteiger partial charge < -0.3 is 10.6 Å². The fourth-order valence-corrected chi connectivity index (χ4v) is 3.24. The van der Waals surface area contributed by atoms with Crippen LogP contribution < -0.4 is 10.6 Å². The molecule has 1 aromatic carbocycles. The molecule has 0 spiro atoms. The molecule has 0 atom stereocenters. The maximum Gasteiger partial charge on any atom is 0.238 e. The normalized spacial score (nSPS) is 16.7. The van der Waals surface area contributed by atoms with E-state index in [1.54, 1.807) is 6.07 Å². The van der Waals surface area contributed by atoms with E-state index in [-0.39, 0.29) is 5.91 Å². The first kappa shape index (κ1) is 17.8. The first-order valence-corrected chi connectivity index (χ1v) is 8.44. The quantitative estimate of drug-likeness (QED) is 0.786. The smallest absolute Gasteiger partial charge is 0.238 e. The molecular weight excluding hydrogens is 345 g/mol. The van der Waals surface area contributed by atoms with Crippen LogP contribution in [0.5, 0.6) is 0 Å². The number of rotatable bonds is 5. The Morgan fingerprint density at radius 1 is 1.18 bits per heavy atom. The summed E-state index contributed by atoms with van der Waals surface area (Å²) >= 11 is 17.9. The SMILES string of the molecule is CNCC1CCN(CC(=O)Nc2cc(Cl)c(Cl)cc2Cl)CC1. The molecule has 0 bridgehead atoms. The topological polar surface area (TPSA) is 44.4 Å². The number of carbonyl (C=O) groups excluding carboxylic acids is 1. The number of benzene rings is 1. The van der Waals surface area contributed by atoms with Gasteiger partial charge in [0.1, 0.15) is 0 Å². The second-order valence-electron chi connectivity index (χ2n) is 5.57. The van der Waals surface area contributed by atoms with Crippen LogP contribution in [-0.4, -0.2) is 44.0 Å². The molecule has 1 aliphatic rings.